The van der Waals surface area contributed by atoms with Crippen molar-refractivity contribution in [3.8, 4) is 0 Å². The fourth-order valence-electron chi connectivity index (χ4n) is 13.3. The van der Waals surface area contributed by atoms with Crippen LogP contribution in [0.25, 0.3) is 0 Å². The highest BCUT2D eigenvalue weighted by atomic mass is 35.5. The summed E-state index contributed by atoms with van der Waals surface area (Å²) in [7, 11) is 2.60. The first kappa shape index (κ1) is 63.2. The lowest BCUT2D eigenvalue weighted by Crippen LogP contribution is -2.53. The maximum Gasteiger partial charge on any atom is 0.338 e. The maximum atomic E-state index is 14.0. The van der Waals surface area contributed by atoms with Crippen LogP contribution in [0.2, 0.25) is 10.0 Å². The number of aliphatic carboxylic acids is 1. The van der Waals surface area contributed by atoms with Gasteiger partial charge in [0.2, 0.25) is 0 Å². The van der Waals surface area contributed by atoms with Gasteiger partial charge in [0.05, 0.1) is 61.7 Å². The van der Waals surface area contributed by atoms with Crippen LogP contribution < -0.4 is 20.4 Å². The molecule has 4 saturated heterocycles. The molecule has 3 aromatic heterocycles. The number of amidine groups is 2. The van der Waals surface area contributed by atoms with Gasteiger partial charge in [0, 0.05) is 138 Å². The largest absolute Gasteiger partial charge is 0.512 e. The minimum absolute atomic E-state index is 0.0894. The van der Waals surface area contributed by atoms with E-state index in [1.807, 2.05) is 57.1 Å². The number of thiazole rings is 2. The number of methoxy groups -OCH3 is 2. The molecule has 4 N–H and O–H groups in total. The molecule has 2 aliphatic carbocycles. The van der Waals surface area contributed by atoms with Gasteiger partial charge in [-0.15, -0.1) is 22.7 Å². The number of carbonyl (C=O) groups excluding carboxylic acids is 4. The molecule has 0 spiro atoms. The highest BCUT2D eigenvalue weighted by molar-refractivity contribution is 7.12. The molecule has 0 bridgehead atoms. The predicted octanol–water partition coefficient (Wildman–Crippen LogP) is 8.72. The van der Waals surface area contributed by atoms with Gasteiger partial charge in [-0.1, -0.05) is 60.5 Å². The number of fused-ring (bicyclic) bond motifs is 2. The molecular weight excluding hydrogens is 1280 g/mol. The van der Waals surface area contributed by atoms with Crippen molar-refractivity contribution in [3.63, 3.8) is 0 Å². The highest BCUT2D eigenvalue weighted by Crippen LogP contribution is 2.52. The van der Waals surface area contributed by atoms with E-state index in [-0.39, 0.29) is 56.5 Å². The molecule has 484 valence electrons. The summed E-state index contributed by atoms with van der Waals surface area (Å²) in [6.07, 6.45) is 9.02. The number of carbonyl (C=O) groups is 5. The van der Waals surface area contributed by atoms with E-state index < -0.39 is 47.0 Å². The second-order valence-corrected chi connectivity index (χ2v) is 26.7. The van der Waals surface area contributed by atoms with E-state index >= 15 is 0 Å². The van der Waals surface area contributed by atoms with Crippen molar-refractivity contribution in [2.75, 3.05) is 89.5 Å². The van der Waals surface area contributed by atoms with Crippen LogP contribution in [0.5, 0.6) is 0 Å². The molecule has 4 atom stereocenters. The summed E-state index contributed by atoms with van der Waals surface area (Å²) in [5, 5.41) is 36.3. The summed E-state index contributed by atoms with van der Waals surface area (Å²) in [6.45, 7) is 9.04. The van der Waals surface area contributed by atoms with Crippen LogP contribution in [0.15, 0.2) is 141 Å². The molecule has 0 unspecified atom stereocenters. The number of urea groups is 2. The summed E-state index contributed by atoms with van der Waals surface area (Å²) in [4.78, 5) is 95.5. The number of halogens is 4. The average Bonchev–Trinajstić information content (AvgIpc) is 1.71. The Kier molecular flexibility index (Phi) is 17.5. The Bertz CT molecular complexity index is 4080. The molecule has 6 aromatic rings. The van der Waals surface area contributed by atoms with Crippen molar-refractivity contribution in [2.45, 2.75) is 68.2 Å². The lowest BCUT2D eigenvalue weighted by atomic mass is 9.64. The number of aliphatic imine (C=N–C) groups is 2. The first-order chi connectivity index (χ1) is 44.8. The number of ether oxygens (including phenoxy) is 2. The van der Waals surface area contributed by atoms with Gasteiger partial charge in [0.1, 0.15) is 23.7 Å². The van der Waals surface area contributed by atoms with Crippen molar-refractivity contribution in [1.82, 2.24) is 50.0 Å². The van der Waals surface area contributed by atoms with Gasteiger partial charge in [0.25, 0.3) is 0 Å². The summed E-state index contributed by atoms with van der Waals surface area (Å²) in [5.41, 5.74) is 2.94. The normalized spacial score (nSPS) is 22.4. The fraction of sp³-hybridized carbons (Fsp3) is 0.375. The number of piperazine rings is 2. The predicted molar refractivity (Wildman–Crippen MR) is 345 cm³/mol. The minimum Gasteiger partial charge on any atom is -0.512 e. The van der Waals surface area contributed by atoms with Gasteiger partial charge in [-0.2, -0.15) is 5.10 Å². The number of esters is 2. The number of anilines is 2. The van der Waals surface area contributed by atoms with Gasteiger partial charge in [-0.05, 0) is 67.6 Å². The van der Waals surface area contributed by atoms with Crippen LogP contribution in [0, 0.1) is 17.0 Å². The first-order valence-corrected chi connectivity index (χ1v) is 32.7. The van der Waals surface area contributed by atoms with Crippen molar-refractivity contribution in [2.24, 2.45) is 15.4 Å². The third kappa shape index (κ3) is 12.2. The first-order valence-electron chi connectivity index (χ1n) is 30.2. The van der Waals surface area contributed by atoms with Crippen LogP contribution in [0.1, 0.15) is 70.9 Å². The summed E-state index contributed by atoms with van der Waals surface area (Å²) >= 11 is 15.8. The van der Waals surface area contributed by atoms with E-state index in [1.165, 1.54) is 73.3 Å². The quantitative estimate of drug-likeness (QED) is 0.0492. The van der Waals surface area contributed by atoms with E-state index in [1.54, 1.807) is 26.9 Å². The standard InChI is InChI=1S/C33H32ClFN6O5S.C31H32ClFN8O4S/c1-46-30(42)26-25(37-28(29-36-11-14-47-29)38-27(26)23-8-5-20(35)15-24(23)34)18-39-12-13-40-22(16-39)17-41(32(40)45)21-6-3-19(4-7-21)33(31(43)44)9-2-10-33;1-18(42)31(6-7-31)17-39-9-5-24(37-39)41-15-20-14-38(10-11-40(20)30(41)44)16-23-25(29(43)45-2)26(21-4-3-19(33)13-22(21)32)36-27(35-23)28-34-8-12-46-28/h3-8,11,14-15,22,27H,2,9-10,12-13,16-18H2,1H3,(H,37,38)(H,43,44);3-5,8-9,12-13,20,26,42H,1,6-7,10-11,14-17H2,2H3,(H,35,36)/t22-,27-;20-,26-/m00/s1. The van der Waals surface area contributed by atoms with Crippen LogP contribution in [0.4, 0.5) is 29.9 Å². The van der Waals surface area contributed by atoms with E-state index in [0.29, 0.717) is 135 Å². The number of hydrogen-bond donors (Lipinski definition) is 4. The maximum absolute atomic E-state index is 14.0. The Morgan fingerprint density at radius 2 is 1.19 bits per heavy atom. The number of aliphatic hydroxyl groups excluding tert-OH is 1. The number of amides is 4. The fourth-order valence-corrected chi connectivity index (χ4v) is 15.0. The molecule has 23 nitrogen and oxygen atoms in total. The summed E-state index contributed by atoms with van der Waals surface area (Å²) in [6, 6.07) is 15.1. The van der Waals surface area contributed by atoms with E-state index in [4.69, 9.17) is 42.7 Å². The van der Waals surface area contributed by atoms with Crippen molar-refractivity contribution < 1.29 is 52.4 Å². The third-order valence-electron chi connectivity index (χ3n) is 18.7. The molecule has 3 aromatic carbocycles. The Hall–Kier alpha value is -8.60. The smallest absolute Gasteiger partial charge is 0.338 e. The lowest BCUT2D eigenvalue weighted by molar-refractivity contribution is -0.147. The number of nitrogens with one attached hydrogen (secondary N) is 2. The van der Waals surface area contributed by atoms with Crippen molar-refractivity contribution >= 4 is 99.0 Å². The Balaban J connectivity index is 0.000000169. The lowest BCUT2D eigenvalue weighted by Gasteiger charge is -2.38. The molecule has 0 radical (unpaired) electrons. The number of benzene rings is 3. The minimum atomic E-state index is -0.862. The van der Waals surface area contributed by atoms with E-state index in [2.05, 4.69) is 42.1 Å². The number of nitrogens with zero attached hydrogens (tertiary/aromatic N) is 12. The molecule has 14 rings (SSSR count). The zero-order valence-corrected chi connectivity index (χ0v) is 53.7. The number of rotatable bonds is 17. The third-order valence-corrected chi connectivity index (χ3v) is 20.9. The Morgan fingerprint density at radius 3 is 1.62 bits per heavy atom. The van der Waals surface area contributed by atoms with Crippen LogP contribution >= 0.6 is 45.9 Å². The molecule has 4 amide bonds. The summed E-state index contributed by atoms with van der Waals surface area (Å²) < 4.78 is 40.2. The average molecular weight is 1350 g/mol. The molecule has 6 fully saturated rings. The van der Waals surface area contributed by atoms with Crippen LogP contribution in [-0.4, -0.2) is 183 Å². The van der Waals surface area contributed by atoms with Gasteiger partial charge >= 0.3 is 30.0 Å². The monoisotopic (exact) mass is 1340 g/mol. The molecule has 93 heavy (non-hydrogen) atoms. The van der Waals surface area contributed by atoms with Gasteiger partial charge < -0.3 is 40.1 Å². The SMILES string of the molecule is C=C(O)C1(Cn2ccc(N3C[C@@H]4CN(CC5=C(C(=O)OC)[C@H](c6ccc(F)cc6Cl)N=C(c6nccs6)N5)CCN4C3=O)n2)CC1.COC(=O)C1=C(CN2CCN3C(=O)N(c4ccc(C5(C(=O)O)CCC5)cc4)C[C@@H]3C2)NC(c2nccs2)=N[C@H]1c1ccc(F)cc1Cl. The number of allylic oxidation sites excluding steroid dienone is 1. The van der Waals surface area contributed by atoms with E-state index in [9.17, 15) is 43.0 Å². The number of carboxylic acids is 1. The molecule has 8 aliphatic rings. The molecule has 2 saturated carbocycles. The van der Waals surface area contributed by atoms with E-state index in [0.717, 1.165) is 30.5 Å². The number of carboxylic acid groups (broad SMARTS) is 1. The topological polar surface area (TPSA) is 256 Å². The molecule has 29 heteroatoms. The van der Waals surface area contributed by atoms with Crippen LogP contribution in [-0.2, 0) is 35.8 Å². The zero-order chi connectivity index (χ0) is 65.0. The van der Waals surface area contributed by atoms with Crippen LogP contribution in [0.3, 0.4) is 0 Å². The number of aromatic nitrogens is 4. The molecule has 9 heterocycles. The number of hydrogen-bond acceptors (Lipinski definition) is 19. The van der Waals surface area contributed by atoms with Gasteiger partial charge in [0.15, 0.2) is 27.5 Å². The van der Waals surface area contributed by atoms with Gasteiger partial charge in [-0.3, -0.25) is 39.1 Å². The highest BCUT2D eigenvalue weighted by Gasteiger charge is 2.49. The van der Waals surface area contributed by atoms with Crippen molar-refractivity contribution in [3.05, 3.63) is 179 Å². The van der Waals surface area contributed by atoms with Gasteiger partial charge in [-0.25, -0.2) is 37.9 Å². The van der Waals surface area contributed by atoms with Crippen molar-refractivity contribution in [1.29, 1.82) is 0 Å². The molecular formula is C64H64Cl2F2N14O9S2. The Morgan fingerprint density at radius 1 is 0.688 bits per heavy atom. The number of aliphatic hydroxyl groups is 1. The zero-order valence-electron chi connectivity index (χ0n) is 50.5. The Labute approximate surface area is 550 Å². The second kappa shape index (κ2) is 25.7. The summed E-state index contributed by atoms with van der Waals surface area (Å²) in [5.74, 6) is -1.30. The second-order valence-electron chi connectivity index (χ2n) is 24.1. The molecule has 6 aliphatic heterocycles.